The van der Waals surface area contributed by atoms with Crippen molar-refractivity contribution in [1.82, 2.24) is 18.9 Å². The molecule has 11 rings (SSSR count). The first kappa shape index (κ1) is 28.0. The molecule has 0 unspecified atom stereocenters. The van der Waals surface area contributed by atoms with E-state index >= 15 is 0 Å². The zero-order valence-electron chi connectivity index (χ0n) is 27.6. The highest BCUT2D eigenvalue weighted by atomic mass is 32.2. The number of imidazole rings is 2. The average molecular weight is 659 g/mol. The van der Waals surface area contributed by atoms with E-state index < -0.39 is 0 Å². The van der Waals surface area contributed by atoms with Gasteiger partial charge < -0.3 is 0 Å². The van der Waals surface area contributed by atoms with Gasteiger partial charge in [0, 0.05) is 32.5 Å². The van der Waals surface area contributed by atoms with Crippen molar-refractivity contribution in [2.24, 2.45) is 0 Å². The Morgan fingerprint density at radius 2 is 1.18 bits per heavy atom. The second-order valence-corrected chi connectivity index (χ2v) is 14.9. The number of hydrogen-bond donors (Lipinski definition) is 0. The molecule has 1 aliphatic carbocycles. The molecule has 9 aromatic rings. The summed E-state index contributed by atoms with van der Waals surface area (Å²) >= 11 is 1.89. The van der Waals surface area contributed by atoms with Crippen LogP contribution in [0.4, 0.5) is 0 Å². The number of rotatable bonds is 1. The molecular weight excluding hydrogens is 629 g/mol. The number of fused-ring (bicyclic) bond motifs is 15. The Bertz CT molecular complexity index is 2890. The van der Waals surface area contributed by atoms with Gasteiger partial charge in [-0.3, -0.25) is 14.0 Å². The minimum absolute atomic E-state index is 0.257. The van der Waals surface area contributed by atoms with Gasteiger partial charge in [0.1, 0.15) is 0 Å². The molecule has 5 heteroatoms. The minimum Gasteiger partial charge on any atom is -0.277 e. The molecule has 2 aliphatic rings. The van der Waals surface area contributed by atoms with E-state index in [1.54, 1.807) is 0 Å². The molecule has 0 amide bonds. The Morgan fingerprint density at radius 3 is 2.00 bits per heavy atom. The highest BCUT2D eigenvalue weighted by Crippen LogP contribution is 2.56. The predicted octanol–water partition coefficient (Wildman–Crippen LogP) is 11.6. The molecule has 4 heterocycles. The second-order valence-electron chi connectivity index (χ2n) is 13.8. The molecule has 0 saturated heterocycles. The largest absolute Gasteiger partial charge is 0.277 e. The summed E-state index contributed by atoms with van der Waals surface area (Å²) in [4.78, 5) is 12.7. The van der Waals surface area contributed by atoms with Crippen LogP contribution in [0, 0.1) is 0 Å². The molecule has 0 N–H and O–H groups in total. The summed E-state index contributed by atoms with van der Waals surface area (Å²) < 4.78 is 4.67. The van der Waals surface area contributed by atoms with E-state index in [0.29, 0.717) is 0 Å². The van der Waals surface area contributed by atoms with E-state index in [0.717, 1.165) is 44.8 Å². The van der Waals surface area contributed by atoms with E-state index in [2.05, 4.69) is 162 Å². The van der Waals surface area contributed by atoms with Crippen LogP contribution in [0.1, 0.15) is 25.0 Å². The maximum atomic E-state index is 5.21. The average Bonchev–Trinajstić information content (AvgIpc) is 3.69. The summed E-state index contributed by atoms with van der Waals surface area (Å²) in [6.07, 6.45) is 1.91. The lowest BCUT2D eigenvalue weighted by Gasteiger charge is -2.37. The van der Waals surface area contributed by atoms with Gasteiger partial charge in [-0.25, -0.2) is 4.98 Å². The van der Waals surface area contributed by atoms with E-state index in [1.807, 2.05) is 18.0 Å². The van der Waals surface area contributed by atoms with Crippen molar-refractivity contribution in [3.05, 3.63) is 157 Å². The Kier molecular flexibility index (Phi) is 5.63. The molecule has 0 atom stereocenters. The summed E-state index contributed by atoms with van der Waals surface area (Å²) in [6, 6.07) is 50.7. The van der Waals surface area contributed by atoms with Crippen molar-refractivity contribution >= 4 is 39.6 Å². The van der Waals surface area contributed by atoms with Gasteiger partial charge in [-0.05, 0) is 87.5 Å². The first-order valence-electron chi connectivity index (χ1n) is 17.1. The Hall–Kier alpha value is -5.91. The fourth-order valence-electron chi connectivity index (χ4n) is 8.46. The lowest BCUT2D eigenvalue weighted by Crippen LogP contribution is -2.25. The van der Waals surface area contributed by atoms with Crippen LogP contribution in [-0.4, -0.2) is 18.9 Å². The number of aromatic nitrogens is 4. The van der Waals surface area contributed by atoms with E-state index in [9.17, 15) is 0 Å². The molecule has 0 saturated carbocycles. The molecule has 1 aliphatic heterocycles. The van der Waals surface area contributed by atoms with Gasteiger partial charge in [-0.15, -0.1) is 0 Å². The van der Waals surface area contributed by atoms with Gasteiger partial charge in [-0.2, -0.15) is 0 Å². The third-order valence-corrected chi connectivity index (χ3v) is 12.0. The monoisotopic (exact) mass is 658 g/mol. The van der Waals surface area contributed by atoms with E-state index in [4.69, 9.17) is 9.97 Å². The first-order valence-corrected chi connectivity index (χ1v) is 17.9. The highest BCUT2D eigenvalue weighted by molar-refractivity contribution is 7.99. The maximum Gasteiger partial charge on any atom is 0.220 e. The predicted molar refractivity (Wildman–Crippen MR) is 205 cm³/mol. The van der Waals surface area contributed by atoms with Gasteiger partial charge in [0.25, 0.3) is 0 Å². The number of nitrogens with zero attached hydrogens (tertiary/aromatic N) is 4. The van der Waals surface area contributed by atoms with Gasteiger partial charge in [0.15, 0.2) is 0 Å². The van der Waals surface area contributed by atoms with Crippen LogP contribution in [0.25, 0.3) is 78.2 Å². The van der Waals surface area contributed by atoms with Crippen LogP contribution < -0.4 is 0 Å². The van der Waals surface area contributed by atoms with Crippen LogP contribution in [0.3, 0.4) is 0 Å². The summed E-state index contributed by atoms with van der Waals surface area (Å²) in [6.45, 7) is 4.76. The SMILES string of the molecule is CC1(C)c2cc3c(cc2Sc2c(-n4c5ccccc5n5c6ccccc6nc45)cccc21)-c1ccccc1-c1cccnc1-c1ccccc1-3. The Labute approximate surface area is 293 Å². The quantitative estimate of drug-likeness (QED) is 0.176. The summed E-state index contributed by atoms with van der Waals surface area (Å²) in [7, 11) is 0. The number of benzene rings is 6. The summed E-state index contributed by atoms with van der Waals surface area (Å²) in [5, 5.41) is 0. The zero-order valence-corrected chi connectivity index (χ0v) is 28.4. The van der Waals surface area contributed by atoms with Gasteiger partial charge in [0.2, 0.25) is 5.78 Å². The smallest absolute Gasteiger partial charge is 0.220 e. The molecule has 0 bridgehead atoms. The van der Waals surface area contributed by atoms with Gasteiger partial charge in [-0.1, -0.05) is 117 Å². The van der Waals surface area contributed by atoms with Crippen molar-refractivity contribution in [3.63, 3.8) is 0 Å². The van der Waals surface area contributed by atoms with Crippen LogP contribution in [-0.2, 0) is 5.41 Å². The molecule has 50 heavy (non-hydrogen) atoms. The van der Waals surface area contributed by atoms with Gasteiger partial charge in [0.05, 0.1) is 33.4 Å². The molecule has 0 radical (unpaired) electrons. The Morgan fingerprint density at radius 1 is 0.540 bits per heavy atom. The fraction of sp³-hybridized carbons (Fsp3) is 0.0667. The normalized spacial score (nSPS) is 13.9. The lowest BCUT2D eigenvalue weighted by atomic mass is 9.74. The maximum absolute atomic E-state index is 5.21. The summed E-state index contributed by atoms with van der Waals surface area (Å²) in [5.41, 5.74) is 17.5. The van der Waals surface area contributed by atoms with Crippen molar-refractivity contribution in [2.45, 2.75) is 29.1 Å². The molecular formula is C45H30N4S. The summed E-state index contributed by atoms with van der Waals surface area (Å²) in [5.74, 6) is 0.931. The van der Waals surface area contributed by atoms with Crippen molar-refractivity contribution < 1.29 is 0 Å². The van der Waals surface area contributed by atoms with Crippen LogP contribution in [0.5, 0.6) is 0 Å². The van der Waals surface area contributed by atoms with Gasteiger partial charge >= 0.3 is 0 Å². The molecule has 236 valence electrons. The molecule has 0 fully saturated rings. The third kappa shape index (κ3) is 3.67. The molecule has 0 spiro atoms. The Balaban J connectivity index is 1.19. The fourth-order valence-corrected chi connectivity index (χ4v) is 9.97. The number of pyridine rings is 1. The zero-order chi connectivity index (χ0) is 33.1. The molecule has 6 aromatic carbocycles. The van der Waals surface area contributed by atoms with Crippen LogP contribution >= 0.6 is 11.8 Å². The number of para-hydroxylation sites is 4. The number of hydrogen-bond acceptors (Lipinski definition) is 3. The molecule has 3 aromatic heterocycles. The third-order valence-electron chi connectivity index (χ3n) is 10.8. The van der Waals surface area contributed by atoms with Crippen molar-refractivity contribution in [3.8, 4) is 50.3 Å². The topological polar surface area (TPSA) is 35.1 Å². The van der Waals surface area contributed by atoms with E-state index in [1.165, 1.54) is 54.3 Å². The van der Waals surface area contributed by atoms with Crippen LogP contribution in [0.2, 0.25) is 0 Å². The highest BCUT2D eigenvalue weighted by Gasteiger charge is 2.37. The molecule has 4 nitrogen and oxygen atoms in total. The van der Waals surface area contributed by atoms with Crippen LogP contribution in [0.15, 0.2) is 156 Å². The van der Waals surface area contributed by atoms with E-state index in [-0.39, 0.29) is 5.41 Å². The standard InChI is InChI=1S/C45H30N4S/c1-45(2)34-18-11-23-40(49-39-22-10-9-21-38(39)48-37-20-8-7-19-36(37)47-44(48)49)43(34)50-41-26-33-28-14-4-3-13-27(28)31-17-12-24-46-42(31)30-16-6-5-15-29(30)32(33)25-35(41)45/h3-26H,1-2H3. The van der Waals surface area contributed by atoms with Crippen molar-refractivity contribution in [1.29, 1.82) is 0 Å². The lowest BCUT2D eigenvalue weighted by molar-refractivity contribution is 0.606. The minimum atomic E-state index is -0.257. The first-order chi connectivity index (χ1) is 24.6. The van der Waals surface area contributed by atoms with Crippen molar-refractivity contribution in [2.75, 3.05) is 0 Å². The second kappa shape index (κ2) is 10.1.